The molecule has 0 amide bonds. The molecule has 0 radical (unpaired) electrons. The Labute approximate surface area is 197 Å². The number of carbonyl (C=O) groups is 1. The Morgan fingerprint density at radius 2 is 1.67 bits per heavy atom. The Morgan fingerprint density at radius 1 is 1.00 bits per heavy atom. The normalized spacial score (nSPS) is 12.6. The molecule has 0 bridgehead atoms. The third-order valence-electron chi connectivity index (χ3n) is 4.81. The van der Waals surface area contributed by atoms with Crippen LogP contribution in [0.1, 0.15) is 16.7 Å². The van der Waals surface area contributed by atoms with Crippen LogP contribution in [0.25, 0.3) is 17.2 Å². The van der Waals surface area contributed by atoms with Crippen molar-refractivity contribution >= 4 is 31.2 Å². The maximum atomic E-state index is 12.3. The first-order valence-electron chi connectivity index (χ1n) is 10.3. The Hall–Kier alpha value is -2.73. The van der Waals surface area contributed by atoms with Gasteiger partial charge in [-0.1, -0.05) is 78.3 Å². The van der Waals surface area contributed by atoms with E-state index < -0.39 is 25.8 Å². The summed E-state index contributed by atoms with van der Waals surface area (Å²) in [7, 11) is -4.28. The summed E-state index contributed by atoms with van der Waals surface area (Å²) in [5.41, 5.74) is 9.76. The van der Waals surface area contributed by atoms with Gasteiger partial charge in [0.15, 0.2) is 0 Å². The van der Waals surface area contributed by atoms with Crippen LogP contribution >= 0.6 is 19.2 Å². The van der Waals surface area contributed by atoms with Crippen molar-refractivity contribution in [1.29, 1.82) is 0 Å². The molecule has 0 aliphatic rings. The first-order chi connectivity index (χ1) is 15.7. The Balaban J connectivity index is 1.71. The smallest absolute Gasteiger partial charge is 0.329 e. The molecule has 6 nitrogen and oxygen atoms in total. The number of nitrogens with two attached hydrogens (primary N) is 1. The molecule has 4 N–H and O–H groups in total. The van der Waals surface area contributed by atoms with E-state index in [0.29, 0.717) is 16.1 Å². The predicted octanol–water partition coefficient (Wildman–Crippen LogP) is 4.81. The maximum Gasteiger partial charge on any atom is 0.329 e. The van der Waals surface area contributed by atoms with Gasteiger partial charge < -0.3 is 20.3 Å². The SMILES string of the molecule is NC(Cc1cc(CP(=O)(O)O)cc(-c2ccc(Cl)cc2)c1)C(=O)OC/C=C/c1ccccc1. The zero-order chi connectivity index (χ0) is 23.8. The first-order valence-corrected chi connectivity index (χ1v) is 12.4. The molecule has 172 valence electrons. The van der Waals surface area contributed by atoms with E-state index in [-0.39, 0.29) is 13.0 Å². The lowest BCUT2D eigenvalue weighted by atomic mass is 9.97. The fourth-order valence-electron chi connectivity index (χ4n) is 3.34. The third-order valence-corrected chi connectivity index (χ3v) is 5.84. The first kappa shape index (κ1) is 24.9. The number of benzene rings is 3. The lowest BCUT2D eigenvalue weighted by molar-refractivity contribution is -0.143. The molecule has 8 heteroatoms. The summed E-state index contributed by atoms with van der Waals surface area (Å²) < 4.78 is 16.8. The van der Waals surface area contributed by atoms with E-state index >= 15 is 0 Å². The summed E-state index contributed by atoms with van der Waals surface area (Å²) in [6, 6.07) is 21.0. The minimum Gasteiger partial charge on any atom is -0.460 e. The van der Waals surface area contributed by atoms with E-state index in [1.807, 2.05) is 54.6 Å². The second-order valence-corrected chi connectivity index (χ2v) is 9.70. The topological polar surface area (TPSA) is 110 Å². The van der Waals surface area contributed by atoms with E-state index in [9.17, 15) is 19.1 Å². The van der Waals surface area contributed by atoms with E-state index in [1.165, 1.54) is 0 Å². The summed E-state index contributed by atoms with van der Waals surface area (Å²) in [4.78, 5) is 31.2. The summed E-state index contributed by atoms with van der Waals surface area (Å²) in [6.07, 6.45) is 3.34. The van der Waals surface area contributed by atoms with Gasteiger partial charge in [0.2, 0.25) is 0 Å². The number of esters is 1. The number of hydrogen-bond donors (Lipinski definition) is 3. The van der Waals surface area contributed by atoms with Gasteiger partial charge in [0.05, 0.1) is 6.16 Å². The van der Waals surface area contributed by atoms with Crippen molar-refractivity contribution in [3.8, 4) is 11.1 Å². The van der Waals surface area contributed by atoms with E-state index in [4.69, 9.17) is 22.1 Å². The lowest BCUT2D eigenvalue weighted by Crippen LogP contribution is -2.34. The van der Waals surface area contributed by atoms with Gasteiger partial charge in [0.25, 0.3) is 0 Å². The molecule has 0 heterocycles. The highest BCUT2D eigenvalue weighted by atomic mass is 35.5. The number of halogens is 1. The fourth-order valence-corrected chi connectivity index (χ4v) is 4.13. The van der Waals surface area contributed by atoms with Crippen LogP contribution in [0.15, 0.2) is 78.9 Å². The van der Waals surface area contributed by atoms with Crippen LogP contribution in [0.4, 0.5) is 0 Å². The summed E-state index contributed by atoms with van der Waals surface area (Å²) >= 11 is 5.96. The molecular formula is C25H25ClNO5P. The molecule has 0 spiro atoms. The summed E-state index contributed by atoms with van der Waals surface area (Å²) in [5.74, 6) is -0.554. The van der Waals surface area contributed by atoms with E-state index in [0.717, 1.165) is 16.7 Å². The fraction of sp³-hybridized carbons (Fsp3) is 0.160. The van der Waals surface area contributed by atoms with Crippen LogP contribution in [0.2, 0.25) is 5.02 Å². The Bertz CT molecular complexity index is 1160. The monoisotopic (exact) mass is 485 g/mol. The third kappa shape index (κ3) is 8.28. The zero-order valence-electron chi connectivity index (χ0n) is 17.8. The number of ether oxygens (including phenoxy) is 1. The molecule has 3 aromatic carbocycles. The number of hydrogen-bond acceptors (Lipinski definition) is 4. The van der Waals surface area contributed by atoms with Gasteiger partial charge in [-0.15, -0.1) is 0 Å². The maximum absolute atomic E-state index is 12.3. The molecular weight excluding hydrogens is 461 g/mol. The molecule has 0 aliphatic carbocycles. The van der Waals surface area contributed by atoms with Crippen LogP contribution in [0.5, 0.6) is 0 Å². The Morgan fingerprint density at radius 3 is 2.33 bits per heavy atom. The van der Waals surface area contributed by atoms with Gasteiger partial charge in [-0.05, 0) is 52.4 Å². The predicted molar refractivity (Wildman–Crippen MR) is 131 cm³/mol. The van der Waals surface area contributed by atoms with Gasteiger partial charge in [-0.2, -0.15) is 0 Å². The van der Waals surface area contributed by atoms with Gasteiger partial charge in [0.1, 0.15) is 12.6 Å². The second-order valence-electron chi connectivity index (χ2n) is 7.62. The average molecular weight is 486 g/mol. The molecule has 33 heavy (non-hydrogen) atoms. The highest BCUT2D eigenvalue weighted by Crippen LogP contribution is 2.40. The average Bonchev–Trinajstić information content (AvgIpc) is 2.76. The Kier molecular flexibility index (Phi) is 8.61. The van der Waals surface area contributed by atoms with Gasteiger partial charge in [-0.3, -0.25) is 9.36 Å². The quantitative estimate of drug-likeness (QED) is 0.296. The van der Waals surface area contributed by atoms with Crippen LogP contribution in [-0.2, 0) is 26.7 Å². The molecule has 3 rings (SSSR count). The molecule has 0 aliphatic heterocycles. The van der Waals surface area contributed by atoms with Gasteiger partial charge in [-0.25, -0.2) is 0 Å². The van der Waals surface area contributed by atoms with Crippen molar-refractivity contribution in [2.75, 3.05) is 6.61 Å². The van der Waals surface area contributed by atoms with Crippen molar-refractivity contribution < 1.29 is 23.9 Å². The minimum atomic E-state index is -4.28. The highest BCUT2D eigenvalue weighted by molar-refractivity contribution is 7.50. The van der Waals surface area contributed by atoms with Crippen molar-refractivity contribution in [2.45, 2.75) is 18.6 Å². The van der Waals surface area contributed by atoms with Crippen LogP contribution in [-0.4, -0.2) is 28.4 Å². The van der Waals surface area contributed by atoms with Crippen molar-refractivity contribution in [2.24, 2.45) is 5.73 Å². The molecule has 0 aromatic heterocycles. The van der Waals surface area contributed by atoms with Gasteiger partial charge in [0, 0.05) is 5.02 Å². The second kappa shape index (κ2) is 11.4. The highest BCUT2D eigenvalue weighted by Gasteiger charge is 2.19. The summed E-state index contributed by atoms with van der Waals surface area (Å²) in [6.45, 7) is 0.0930. The number of carbonyl (C=O) groups excluding carboxylic acids is 1. The van der Waals surface area contributed by atoms with Crippen LogP contribution in [0.3, 0.4) is 0 Å². The van der Waals surface area contributed by atoms with Gasteiger partial charge >= 0.3 is 13.6 Å². The largest absolute Gasteiger partial charge is 0.460 e. The molecule has 1 unspecified atom stereocenters. The minimum absolute atomic E-state index is 0.0930. The number of rotatable bonds is 9. The van der Waals surface area contributed by atoms with Crippen LogP contribution < -0.4 is 5.73 Å². The molecule has 3 aromatic rings. The van der Waals surface area contributed by atoms with Crippen molar-refractivity contribution in [3.63, 3.8) is 0 Å². The molecule has 1 atom stereocenters. The van der Waals surface area contributed by atoms with Crippen molar-refractivity contribution in [3.05, 3.63) is 101 Å². The molecule has 0 saturated heterocycles. The summed E-state index contributed by atoms with van der Waals surface area (Å²) in [5, 5.41) is 0.580. The molecule has 0 fully saturated rings. The standard InChI is InChI=1S/C25H25ClNO5P/c26-23-10-8-21(9-11-23)22-14-19(13-20(15-22)17-33(29,30)31)16-24(27)25(28)32-12-4-7-18-5-2-1-3-6-18/h1-11,13-15,24H,12,16-17,27H2,(H2,29,30,31)/b7-4+. The molecule has 0 saturated carbocycles. The lowest BCUT2D eigenvalue weighted by Gasteiger charge is -2.14. The van der Waals surface area contributed by atoms with Crippen LogP contribution in [0, 0.1) is 0 Å². The van der Waals surface area contributed by atoms with E-state index in [2.05, 4.69) is 0 Å². The zero-order valence-corrected chi connectivity index (χ0v) is 19.5. The van der Waals surface area contributed by atoms with E-state index in [1.54, 1.807) is 30.3 Å². The van der Waals surface area contributed by atoms with Crippen molar-refractivity contribution in [1.82, 2.24) is 0 Å².